The molecule has 0 bridgehead atoms. The van der Waals surface area contributed by atoms with Crippen molar-refractivity contribution in [2.45, 2.75) is 46.1 Å². The maximum absolute atomic E-state index is 12.7. The molecule has 1 aliphatic heterocycles. The largest absolute Gasteiger partial charge is 0.444 e. The molecule has 0 aromatic carbocycles. The second kappa shape index (κ2) is 4.60. The minimum atomic E-state index is -0.460. The van der Waals surface area contributed by atoms with Crippen LogP contribution >= 0.6 is 0 Å². The zero-order chi connectivity index (χ0) is 12.4. The van der Waals surface area contributed by atoms with Gasteiger partial charge in [-0.2, -0.15) is 0 Å². The second-order valence-electron chi connectivity index (χ2n) is 5.91. The quantitative estimate of drug-likeness (QED) is 0.694. The molecule has 1 aliphatic rings. The Morgan fingerprint density at radius 3 is 2.25 bits per heavy atom. The summed E-state index contributed by atoms with van der Waals surface area (Å²) < 4.78 is 18.0. The fraction of sp³-hybridized carbons (Fsp3) is 0.917. The molecule has 16 heavy (non-hydrogen) atoms. The van der Waals surface area contributed by atoms with Crippen LogP contribution in [0, 0.1) is 5.41 Å². The van der Waals surface area contributed by atoms with Gasteiger partial charge in [0.2, 0.25) is 0 Å². The summed E-state index contributed by atoms with van der Waals surface area (Å²) in [5.41, 5.74) is -0.712. The van der Waals surface area contributed by atoms with Crippen LogP contribution in [0.2, 0.25) is 0 Å². The first kappa shape index (κ1) is 13.3. The molecule has 1 amide bonds. The Labute approximate surface area is 96.9 Å². The van der Waals surface area contributed by atoms with Crippen molar-refractivity contribution in [3.05, 3.63) is 0 Å². The molecule has 1 heterocycles. The van der Waals surface area contributed by atoms with E-state index in [4.69, 9.17) is 4.74 Å². The second-order valence-corrected chi connectivity index (χ2v) is 5.91. The average Bonchev–Trinajstić information content (AvgIpc) is 2.16. The number of piperidine rings is 1. The van der Waals surface area contributed by atoms with Crippen molar-refractivity contribution in [1.29, 1.82) is 0 Å². The number of hydrogen-bond acceptors (Lipinski definition) is 2. The smallest absolute Gasteiger partial charge is 0.410 e. The Bertz CT molecular complexity index is 252. The molecule has 3 nitrogen and oxygen atoms in total. The van der Waals surface area contributed by atoms with E-state index in [1.165, 1.54) is 0 Å². The van der Waals surface area contributed by atoms with E-state index in [0.717, 1.165) is 0 Å². The Morgan fingerprint density at radius 2 is 1.88 bits per heavy atom. The first-order chi connectivity index (χ1) is 7.26. The third-order valence-electron chi connectivity index (χ3n) is 2.94. The minimum absolute atomic E-state index is 0.251. The Morgan fingerprint density at radius 1 is 1.38 bits per heavy atom. The molecule has 1 fully saturated rings. The minimum Gasteiger partial charge on any atom is -0.444 e. The van der Waals surface area contributed by atoms with Crippen LogP contribution in [0.5, 0.6) is 0 Å². The Hall–Kier alpha value is -0.800. The standard InChI is InChI=1S/C12H22FNO2/c1-11(2,3)16-10(15)14-7-5-12(4,9-13)6-8-14/h5-9H2,1-4H3. The van der Waals surface area contributed by atoms with Gasteiger partial charge in [-0.05, 0) is 39.0 Å². The summed E-state index contributed by atoms with van der Waals surface area (Å²) in [5.74, 6) is 0. The number of carbonyl (C=O) groups excluding carboxylic acids is 1. The lowest BCUT2D eigenvalue weighted by atomic mass is 9.82. The van der Waals surface area contributed by atoms with Crippen LogP contribution in [0.3, 0.4) is 0 Å². The molecular weight excluding hydrogens is 209 g/mol. The number of alkyl halides is 1. The van der Waals surface area contributed by atoms with Crippen LogP contribution < -0.4 is 0 Å². The highest BCUT2D eigenvalue weighted by atomic mass is 19.1. The number of halogens is 1. The van der Waals surface area contributed by atoms with E-state index in [0.29, 0.717) is 25.9 Å². The average molecular weight is 231 g/mol. The van der Waals surface area contributed by atoms with Gasteiger partial charge in [0, 0.05) is 13.1 Å². The SMILES string of the molecule is CC1(CF)CCN(C(=O)OC(C)(C)C)CC1. The van der Waals surface area contributed by atoms with Gasteiger partial charge in [-0.25, -0.2) is 4.79 Å². The molecule has 0 radical (unpaired) electrons. The molecule has 0 spiro atoms. The third kappa shape index (κ3) is 3.65. The van der Waals surface area contributed by atoms with Gasteiger partial charge in [-0.1, -0.05) is 6.92 Å². The molecule has 1 saturated heterocycles. The highest BCUT2D eigenvalue weighted by molar-refractivity contribution is 5.68. The van der Waals surface area contributed by atoms with E-state index < -0.39 is 5.60 Å². The molecule has 0 aliphatic carbocycles. The van der Waals surface area contributed by atoms with Crippen LogP contribution in [-0.4, -0.2) is 36.4 Å². The molecule has 0 saturated carbocycles. The maximum Gasteiger partial charge on any atom is 0.410 e. The fourth-order valence-corrected chi connectivity index (χ4v) is 1.69. The van der Waals surface area contributed by atoms with Gasteiger partial charge in [0.1, 0.15) is 5.60 Å². The fourth-order valence-electron chi connectivity index (χ4n) is 1.69. The molecule has 0 aromatic rings. The first-order valence-corrected chi connectivity index (χ1v) is 5.80. The molecule has 1 rings (SSSR count). The molecule has 0 unspecified atom stereocenters. The predicted octanol–water partition coefficient (Wildman–Crippen LogP) is 2.99. The number of carbonyl (C=O) groups is 1. The lowest BCUT2D eigenvalue weighted by Crippen LogP contribution is -2.45. The predicted molar refractivity (Wildman–Crippen MR) is 61.1 cm³/mol. The van der Waals surface area contributed by atoms with Gasteiger partial charge in [0.05, 0.1) is 6.67 Å². The highest BCUT2D eigenvalue weighted by Gasteiger charge is 2.33. The highest BCUT2D eigenvalue weighted by Crippen LogP contribution is 2.31. The van der Waals surface area contributed by atoms with E-state index in [1.807, 2.05) is 27.7 Å². The summed E-state index contributed by atoms with van der Waals surface area (Å²) in [5, 5.41) is 0. The van der Waals surface area contributed by atoms with Gasteiger partial charge in [0.25, 0.3) is 0 Å². The molecule has 0 aromatic heterocycles. The van der Waals surface area contributed by atoms with E-state index in [1.54, 1.807) is 4.90 Å². The van der Waals surface area contributed by atoms with Crippen molar-refractivity contribution in [2.24, 2.45) is 5.41 Å². The lowest BCUT2D eigenvalue weighted by Gasteiger charge is -2.38. The normalized spacial score (nSPS) is 20.7. The Kier molecular flexibility index (Phi) is 3.81. The number of nitrogens with zero attached hydrogens (tertiary/aromatic N) is 1. The number of hydrogen-bond donors (Lipinski definition) is 0. The summed E-state index contributed by atoms with van der Waals surface area (Å²) in [6.45, 7) is 8.35. The van der Waals surface area contributed by atoms with Crippen LogP contribution in [0.1, 0.15) is 40.5 Å². The van der Waals surface area contributed by atoms with Gasteiger partial charge in [0.15, 0.2) is 0 Å². The van der Waals surface area contributed by atoms with Gasteiger partial charge in [-0.3, -0.25) is 4.39 Å². The number of ether oxygens (including phenoxy) is 1. The summed E-state index contributed by atoms with van der Waals surface area (Å²) in [6.07, 6.45) is 1.14. The van der Waals surface area contributed by atoms with Crippen LogP contribution in [0.4, 0.5) is 9.18 Å². The first-order valence-electron chi connectivity index (χ1n) is 5.80. The van der Waals surface area contributed by atoms with Crippen LogP contribution in [-0.2, 0) is 4.74 Å². The number of rotatable bonds is 1. The summed E-state index contributed by atoms with van der Waals surface area (Å²) in [4.78, 5) is 13.4. The molecular formula is C12H22FNO2. The molecule has 0 N–H and O–H groups in total. The topological polar surface area (TPSA) is 29.5 Å². The molecule has 0 atom stereocenters. The van der Waals surface area contributed by atoms with Gasteiger partial charge in [-0.15, -0.1) is 0 Å². The molecule has 94 valence electrons. The van der Waals surface area contributed by atoms with Crippen molar-refractivity contribution in [1.82, 2.24) is 4.90 Å². The Balaban J connectivity index is 2.45. The van der Waals surface area contributed by atoms with Crippen molar-refractivity contribution < 1.29 is 13.9 Å². The van der Waals surface area contributed by atoms with Crippen molar-refractivity contribution in [3.8, 4) is 0 Å². The van der Waals surface area contributed by atoms with E-state index >= 15 is 0 Å². The van der Waals surface area contributed by atoms with Crippen LogP contribution in [0.25, 0.3) is 0 Å². The summed E-state index contributed by atoms with van der Waals surface area (Å²) in [6, 6.07) is 0. The summed E-state index contributed by atoms with van der Waals surface area (Å²) >= 11 is 0. The van der Waals surface area contributed by atoms with Crippen molar-refractivity contribution >= 4 is 6.09 Å². The van der Waals surface area contributed by atoms with Gasteiger partial charge >= 0.3 is 6.09 Å². The van der Waals surface area contributed by atoms with Crippen molar-refractivity contribution in [3.63, 3.8) is 0 Å². The van der Waals surface area contributed by atoms with E-state index in [-0.39, 0.29) is 18.2 Å². The molecule has 4 heteroatoms. The van der Waals surface area contributed by atoms with Crippen molar-refractivity contribution in [2.75, 3.05) is 19.8 Å². The number of likely N-dealkylation sites (tertiary alicyclic amines) is 1. The van der Waals surface area contributed by atoms with Gasteiger partial charge < -0.3 is 9.64 Å². The van der Waals surface area contributed by atoms with Crippen LogP contribution in [0.15, 0.2) is 0 Å². The zero-order valence-electron chi connectivity index (χ0n) is 10.7. The zero-order valence-corrected chi connectivity index (χ0v) is 10.7. The monoisotopic (exact) mass is 231 g/mol. The van der Waals surface area contributed by atoms with E-state index in [9.17, 15) is 9.18 Å². The van der Waals surface area contributed by atoms with E-state index in [2.05, 4.69) is 0 Å². The summed E-state index contributed by atoms with van der Waals surface area (Å²) in [7, 11) is 0. The third-order valence-corrected chi connectivity index (χ3v) is 2.94. The maximum atomic E-state index is 12.7. The lowest BCUT2D eigenvalue weighted by molar-refractivity contribution is 0.00921. The number of amides is 1.